The van der Waals surface area contributed by atoms with Gasteiger partial charge >= 0.3 is 6.18 Å². The number of alkyl halides is 3. The van der Waals surface area contributed by atoms with E-state index in [0.29, 0.717) is 0 Å². The lowest BCUT2D eigenvalue weighted by atomic mass is 9.81. The predicted octanol–water partition coefficient (Wildman–Crippen LogP) is 3.22. The molecule has 3 aromatic heterocycles. The second kappa shape index (κ2) is 9.26. The van der Waals surface area contributed by atoms with Crippen molar-refractivity contribution in [2.24, 2.45) is 5.73 Å². The number of rotatable bonds is 6. The van der Waals surface area contributed by atoms with E-state index >= 15 is 0 Å². The van der Waals surface area contributed by atoms with Gasteiger partial charge in [-0.25, -0.2) is 18.7 Å². The first-order chi connectivity index (χ1) is 18.7. The second-order valence-electron chi connectivity index (χ2n) is 9.52. The molecular weight excluding hydrogens is 541 g/mol. The second-order valence-corrected chi connectivity index (χ2v) is 9.52. The molecular formula is C26H20F5N5O4. The number of pyridine rings is 2. The Labute approximate surface area is 222 Å². The van der Waals surface area contributed by atoms with Crippen molar-refractivity contribution in [3.8, 4) is 17.0 Å². The Kier molecular flexibility index (Phi) is 6.25. The largest absolute Gasteiger partial charge is 0.489 e. The van der Waals surface area contributed by atoms with Crippen LogP contribution in [-0.4, -0.2) is 51.2 Å². The first-order valence-corrected chi connectivity index (χ1v) is 11.7. The third kappa shape index (κ3) is 4.29. The molecule has 14 heteroatoms. The van der Waals surface area contributed by atoms with Gasteiger partial charge in [0.1, 0.15) is 40.7 Å². The van der Waals surface area contributed by atoms with Crippen LogP contribution in [0.3, 0.4) is 0 Å². The lowest BCUT2D eigenvalue weighted by Crippen LogP contribution is -2.51. The first kappa shape index (κ1) is 27.0. The van der Waals surface area contributed by atoms with E-state index in [-0.39, 0.29) is 45.8 Å². The van der Waals surface area contributed by atoms with Gasteiger partial charge in [0.25, 0.3) is 5.91 Å². The number of carbonyl (C=O) groups excluding carboxylic acids is 2. The number of aliphatic hydroxyl groups is 1. The summed E-state index contributed by atoms with van der Waals surface area (Å²) in [5.41, 5.74) is -1.02. The molecule has 5 N–H and O–H groups in total. The maximum Gasteiger partial charge on any atom is 0.424 e. The van der Waals surface area contributed by atoms with E-state index in [0.717, 1.165) is 36.7 Å². The zero-order valence-electron chi connectivity index (χ0n) is 20.6. The Bertz CT molecular complexity index is 1660. The number of aromatic nitrogens is 3. The maximum absolute atomic E-state index is 14.5. The minimum absolute atomic E-state index is 0.0108. The summed E-state index contributed by atoms with van der Waals surface area (Å²) in [7, 11) is 0. The van der Waals surface area contributed by atoms with Gasteiger partial charge in [0.2, 0.25) is 11.5 Å². The van der Waals surface area contributed by atoms with Gasteiger partial charge in [-0.1, -0.05) is 0 Å². The molecule has 1 aliphatic rings. The molecule has 0 saturated carbocycles. The van der Waals surface area contributed by atoms with Gasteiger partial charge < -0.3 is 25.9 Å². The molecule has 0 saturated heterocycles. The van der Waals surface area contributed by atoms with E-state index in [9.17, 15) is 36.6 Å². The highest BCUT2D eigenvalue weighted by Crippen LogP contribution is 2.47. The van der Waals surface area contributed by atoms with Crippen LogP contribution in [0.25, 0.3) is 22.3 Å². The van der Waals surface area contributed by atoms with E-state index in [1.54, 1.807) is 0 Å². The molecule has 1 aliphatic heterocycles. The summed E-state index contributed by atoms with van der Waals surface area (Å²) in [5.74, 6) is -3.42. The summed E-state index contributed by atoms with van der Waals surface area (Å²) in [6, 6.07) is 6.41. The van der Waals surface area contributed by atoms with Crippen LogP contribution >= 0.6 is 0 Å². The van der Waals surface area contributed by atoms with E-state index in [4.69, 9.17) is 10.5 Å². The third-order valence-corrected chi connectivity index (χ3v) is 6.87. The number of nitrogens with two attached hydrogens (primary N) is 1. The molecule has 2 atom stereocenters. The van der Waals surface area contributed by atoms with Crippen molar-refractivity contribution in [3.05, 3.63) is 77.2 Å². The number of hydrogen-bond donors (Lipinski definition) is 4. The lowest BCUT2D eigenvalue weighted by Gasteiger charge is -2.31. The van der Waals surface area contributed by atoms with E-state index in [1.165, 1.54) is 19.1 Å². The SMILES string of the molecule is C[C@]1(C(N)=O)COc2c1cc(C(O)(CNC(=O)c1c[nH]c3ncc(F)cc13)C(F)(F)F)nc2-c1ccc(F)cc1. The average Bonchev–Trinajstić information content (AvgIpc) is 3.48. The molecule has 0 bridgehead atoms. The molecule has 40 heavy (non-hydrogen) atoms. The maximum atomic E-state index is 14.5. The molecule has 4 heterocycles. The average molecular weight is 561 g/mol. The standard InChI is InChI=1S/C26H20F5N5O4/c1-24(23(32)38)11-40-20-17(24)7-18(36-19(20)12-2-4-13(27)5-3-12)25(39,26(29,30)31)10-35-22(37)16-9-34-21-15(16)6-14(28)8-33-21/h2-9,39H,10-11H2,1H3,(H2,32,38)(H,33,34)(H,35,37)/t24-,25?/m0/s1. The zero-order valence-corrected chi connectivity index (χ0v) is 20.6. The zero-order chi connectivity index (χ0) is 29.0. The summed E-state index contributed by atoms with van der Waals surface area (Å²) in [6.07, 6.45) is -3.36. The minimum Gasteiger partial charge on any atom is -0.489 e. The van der Waals surface area contributed by atoms with Crippen LogP contribution in [0.2, 0.25) is 0 Å². The van der Waals surface area contributed by atoms with Crippen LogP contribution in [-0.2, 0) is 15.8 Å². The quantitative estimate of drug-likeness (QED) is 0.266. The number of hydrogen-bond acceptors (Lipinski definition) is 6. The van der Waals surface area contributed by atoms with Crippen molar-refractivity contribution in [1.29, 1.82) is 0 Å². The highest BCUT2D eigenvalue weighted by atomic mass is 19.4. The van der Waals surface area contributed by atoms with E-state index in [1.807, 2.05) is 5.32 Å². The van der Waals surface area contributed by atoms with Gasteiger partial charge in [-0.05, 0) is 43.3 Å². The molecule has 0 radical (unpaired) electrons. The highest BCUT2D eigenvalue weighted by molar-refractivity contribution is 6.05. The Balaban J connectivity index is 1.60. The van der Waals surface area contributed by atoms with Crippen molar-refractivity contribution in [2.45, 2.75) is 24.1 Å². The Morgan fingerprint density at radius 3 is 2.52 bits per heavy atom. The number of aromatic amines is 1. The van der Waals surface area contributed by atoms with E-state index < -0.39 is 52.9 Å². The molecule has 0 spiro atoms. The van der Waals surface area contributed by atoms with Gasteiger partial charge in [-0.15, -0.1) is 0 Å². The number of fused-ring (bicyclic) bond motifs is 2. The fourth-order valence-corrected chi connectivity index (χ4v) is 4.41. The molecule has 4 aromatic rings. The van der Waals surface area contributed by atoms with Crippen molar-refractivity contribution in [3.63, 3.8) is 0 Å². The van der Waals surface area contributed by atoms with E-state index in [2.05, 4.69) is 15.0 Å². The van der Waals surface area contributed by atoms with Crippen LogP contribution in [0.15, 0.2) is 48.8 Å². The molecule has 5 rings (SSSR count). The Hall–Kier alpha value is -4.59. The number of nitrogens with zero attached hydrogens (tertiary/aromatic N) is 2. The van der Waals surface area contributed by atoms with Gasteiger partial charge in [-0.2, -0.15) is 13.2 Å². The smallest absolute Gasteiger partial charge is 0.424 e. The summed E-state index contributed by atoms with van der Waals surface area (Å²) in [4.78, 5) is 35.5. The number of H-pyrrole nitrogens is 1. The summed E-state index contributed by atoms with van der Waals surface area (Å²) < 4.78 is 76.4. The fourth-order valence-electron chi connectivity index (χ4n) is 4.41. The Morgan fingerprint density at radius 2 is 1.88 bits per heavy atom. The molecule has 208 valence electrons. The summed E-state index contributed by atoms with van der Waals surface area (Å²) in [5, 5.41) is 13.1. The monoisotopic (exact) mass is 561 g/mol. The Morgan fingerprint density at radius 1 is 1.18 bits per heavy atom. The summed E-state index contributed by atoms with van der Waals surface area (Å²) in [6.45, 7) is -0.366. The third-order valence-electron chi connectivity index (χ3n) is 6.87. The van der Waals surface area contributed by atoms with Gasteiger partial charge in [-0.3, -0.25) is 9.59 Å². The molecule has 0 aliphatic carbocycles. The number of nitrogens with one attached hydrogen (secondary N) is 2. The number of benzene rings is 1. The van der Waals surface area contributed by atoms with Gasteiger partial charge in [0.15, 0.2) is 0 Å². The number of primary amides is 1. The van der Waals surface area contributed by atoms with Gasteiger partial charge in [0, 0.05) is 22.7 Å². The number of ether oxygens (including phenoxy) is 1. The van der Waals surface area contributed by atoms with Crippen LogP contribution in [0.1, 0.15) is 28.5 Å². The minimum atomic E-state index is -5.39. The van der Waals surface area contributed by atoms with Crippen molar-refractivity contribution >= 4 is 22.8 Å². The summed E-state index contributed by atoms with van der Waals surface area (Å²) >= 11 is 0. The van der Waals surface area contributed by atoms with Crippen molar-refractivity contribution in [2.75, 3.05) is 13.2 Å². The van der Waals surface area contributed by atoms with Crippen LogP contribution in [0.5, 0.6) is 5.75 Å². The van der Waals surface area contributed by atoms with Gasteiger partial charge in [0.05, 0.1) is 24.0 Å². The molecule has 0 fully saturated rings. The van der Waals surface area contributed by atoms with Crippen LogP contribution < -0.4 is 15.8 Å². The number of halogens is 5. The first-order valence-electron chi connectivity index (χ1n) is 11.7. The van der Waals surface area contributed by atoms with Crippen molar-refractivity contribution in [1.82, 2.24) is 20.3 Å². The highest BCUT2D eigenvalue weighted by Gasteiger charge is 2.57. The van der Waals surface area contributed by atoms with Crippen molar-refractivity contribution < 1.29 is 41.4 Å². The molecule has 1 aromatic carbocycles. The normalized spacial score (nSPS) is 18.2. The van der Waals surface area contributed by atoms with Crippen LogP contribution in [0.4, 0.5) is 22.0 Å². The fraction of sp³-hybridized carbons (Fsp3) is 0.231. The molecule has 2 amide bonds. The molecule has 1 unspecified atom stereocenters. The lowest BCUT2D eigenvalue weighted by molar-refractivity contribution is -0.265. The number of carbonyl (C=O) groups is 2. The topological polar surface area (TPSA) is 143 Å². The predicted molar refractivity (Wildman–Crippen MR) is 130 cm³/mol. The van der Waals surface area contributed by atoms with Crippen LogP contribution in [0, 0.1) is 11.6 Å². The number of amides is 2. The molecule has 9 nitrogen and oxygen atoms in total.